The predicted molar refractivity (Wildman–Crippen MR) is 100 cm³/mol. The van der Waals surface area contributed by atoms with Gasteiger partial charge in [0.2, 0.25) is 4.90 Å². The second-order valence-electron chi connectivity index (χ2n) is 8.83. The van der Waals surface area contributed by atoms with Gasteiger partial charge in [0.25, 0.3) is 11.4 Å². The first-order valence-electron chi connectivity index (χ1n) is 9.59. The van der Waals surface area contributed by atoms with Crippen molar-refractivity contribution >= 4 is 27.5 Å². The van der Waals surface area contributed by atoms with Crippen LogP contribution < -0.4 is 0 Å². The molecular formula is C18H20N2O9S. The fourth-order valence-electron chi connectivity index (χ4n) is 6.02. The Morgan fingerprint density at radius 2 is 1.47 bits per heavy atom. The molecule has 0 saturated heterocycles. The van der Waals surface area contributed by atoms with Crippen molar-refractivity contribution in [2.75, 3.05) is 6.61 Å². The van der Waals surface area contributed by atoms with E-state index < -0.39 is 47.8 Å². The predicted octanol–water partition coefficient (Wildman–Crippen LogP) is 3.12. The van der Waals surface area contributed by atoms with Gasteiger partial charge in [0.05, 0.1) is 22.0 Å². The number of nitro groups is 2. The fourth-order valence-corrected chi connectivity index (χ4v) is 6.82. The van der Waals surface area contributed by atoms with E-state index in [2.05, 4.69) is 0 Å². The molecule has 0 amide bonds. The molecule has 0 spiro atoms. The van der Waals surface area contributed by atoms with Crippen LogP contribution >= 0.6 is 0 Å². The van der Waals surface area contributed by atoms with E-state index in [1.54, 1.807) is 0 Å². The van der Waals surface area contributed by atoms with Gasteiger partial charge in [-0.1, -0.05) is 0 Å². The molecule has 1 aromatic carbocycles. The molecule has 4 saturated carbocycles. The molecule has 0 aromatic heterocycles. The number of nitrogens with zero attached hydrogens (tertiary/aromatic N) is 2. The van der Waals surface area contributed by atoms with Crippen molar-refractivity contribution in [3.63, 3.8) is 0 Å². The molecule has 1 aromatic rings. The molecule has 162 valence electrons. The Morgan fingerprint density at radius 3 is 1.83 bits per heavy atom. The van der Waals surface area contributed by atoms with Gasteiger partial charge in [0, 0.05) is 17.5 Å². The fraction of sp³-hybridized carbons (Fsp3) is 0.611. The van der Waals surface area contributed by atoms with Crippen molar-refractivity contribution in [2.24, 2.45) is 23.2 Å². The summed E-state index contributed by atoms with van der Waals surface area (Å²) in [7, 11) is -5.28. The number of carbonyl (C=O) groups excluding carboxylic acids is 1. The number of nitro benzene ring substituents is 2. The zero-order valence-electron chi connectivity index (χ0n) is 15.9. The van der Waals surface area contributed by atoms with Gasteiger partial charge in [0.15, 0.2) is 0 Å². The van der Waals surface area contributed by atoms with Crippen LogP contribution in [0.1, 0.15) is 48.9 Å². The second-order valence-corrected chi connectivity index (χ2v) is 10.2. The minimum absolute atomic E-state index is 0.122. The Balaban J connectivity index is 1.61. The van der Waals surface area contributed by atoms with Gasteiger partial charge >= 0.3 is 16.1 Å². The van der Waals surface area contributed by atoms with Crippen LogP contribution in [0.15, 0.2) is 17.0 Å². The molecule has 0 atom stereocenters. The van der Waals surface area contributed by atoms with Crippen molar-refractivity contribution < 1.29 is 32.3 Å². The molecule has 12 heteroatoms. The number of rotatable bonds is 6. The maximum Gasteiger partial charge on any atom is 0.338 e. The molecule has 30 heavy (non-hydrogen) atoms. The third-order valence-corrected chi connectivity index (χ3v) is 7.55. The average molecular weight is 440 g/mol. The van der Waals surface area contributed by atoms with Crippen LogP contribution in [0.3, 0.4) is 0 Å². The van der Waals surface area contributed by atoms with Crippen LogP contribution in [0.4, 0.5) is 11.4 Å². The van der Waals surface area contributed by atoms with Crippen LogP contribution in [-0.4, -0.2) is 35.4 Å². The number of hydrogen-bond acceptors (Lipinski definition) is 8. The third-order valence-electron chi connectivity index (χ3n) is 6.61. The van der Waals surface area contributed by atoms with Crippen LogP contribution in [0.5, 0.6) is 0 Å². The number of ether oxygens (including phenoxy) is 1. The van der Waals surface area contributed by atoms with Crippen LogP contribution in [0.25, 0.3) is 0 Å². The molecule has 11 nitrogen and oxygen atoms in total. The van der Waals surface area contributed by atoms with E-state index >= 15 is 0 Å². The van der Waals surface area contributed by atoms with Crippen molar-refractivity contribution in [1.29, 1.82) is 0 Å². The summed E-state index contributed by atoms with van der Waals surface area (Å²) in [5.74, 6) is 0.849. The first-order chi connectivity index (χ1) is 14.0. The van der Waals surface area contributed by atoms with Gasteiger partial charge in [-0.25, -0.2) is 4.79 Å². The van der Waals surface area contributed by atoms with E-state index in [1.165, 1.54) is 19.3 Å². The Bertz CT molecular complexity index is 979. The summed E-state index contributed by atoms with van der Waals surface area (Å²) < 4.78 is 37.6. The van der Waals surface area contributed by atoms with E-state index in [1.807, 2.05) is 0 Å². The number of esters is 1. The summed E-state index contributed by atoms with van der Waals surface area (Å²) >= 11 is 0. The van der Waals surface area contributed by atoms with E-state index in [0.717, 1.165) is 19.3 Å². The minimum atomic E-state index is -5.28. The summed E-state index contributed by atoms with van der Waals surface area (Å²) in [6.45, 7) is 0.122. The van der Waals surface area contributed by atoms with Crippen molar-refractivity contribution in [2.45, 2.75) is 43.4 Å². The highest BCUT2D eigenvalue weighted by molar-refractivity contribution is 7.86. The lowest BCUT2D eigenvalue weighted by Gasteiger charge is -2.56. The molecular weight excluding hydrogens is 420 g/mol. The molecule has 1 N–H and O–H groups in total. The lowest BCUT2D eigenvalue weighted by Crippen LogP contribution is -2.48. The van der Waals surface area contributed by atoms with Gasteiger partial charge in [-0.15, -0.1) is 0 Å². The van der Waals surface area contributed by atoms with Gasteiger partial charge in [-0.3, -0.25) is 24.8 Å². The number of carbonyl (C=O) groups is 1. The maximum absolute atomic E-state index is 12.6. The van der Waals surface area contributed by atoms with Gasteiger partial charge in [-0.2, -0.15) is 8.42 Å². The van der Waals surface area contributed by atoms with E-state index in [-0.39, 0.29) is 12.0 Å². The summed E-state index contributed by atoms with van der Waals surface area (Å²) in [6, 6.07) is 1.16. The molecule has 4 aliphatic rings. The molecule has 5 rings (SSSR count). The summed E-state index contributed by atoms with van der Waals surface area (Å²) in [4.78, 5) is 31.2. The average Bonchev–Trinajstić information content (AvgIpc) is 2.63. The van der Waals surface area contributed by atoms with E-state index in [9.17, 15) is 38.0 Å². The van der Waals surface area contributed by atoms with Crippen LogP contribution in [-0.2, 0) is 14.9 Å². The van der Waals surface area contributed by atoms with Gasteiger partial charge in [0.1, 0.15) is 0 Å². The standard InChI is InChI=1S/C18H20N2O9S/c21-17(29-9-18-6-10-1-11(7-18)3-12(2-10)8-18)13-4-14(19(22)23)16(30(26,27)28)15(5-13)20(24)25/h4-5,10-12H,1-3,6-9H2,(H,26,27,28). The molecule has 4 aliphatic carbocycles. The number of hydrogen-bond donors (Lipinski definition) is 1. The van der Waals surface area contributed by atoms with E-state index in [4.69, 9.17) is 4.74 Å². The van der Waals surface area contributed by atoms with Crippen molar-refractivity contribution in [3.8, 4) is 0 Å². The monoisotopic (exact) mass is 440 g/mol. The Morgan fingerprint density at radius 1 is 1.03 bits per heavy atom. The maximum atomic E-state index is 12.6. The molecule has 4 bridgehead atoms. The smallest absolute Gasteiger partial charge is 0.338 e. The Hall–Kier alpha value is -2.60. The van der Waals surface area contributed by atoms with Crippen LogP contribution in [0.2, 0.25) is 0 Å². The van der Waals surface area contributed by atoms with Gasteiger partial charge in [-0.05, 0) is 56.3 Å². The zero-order chi connectivity index (χ0) is 21.8. The first-order valence-corrected chi connectivity index (χ1v) is 11.0. The quantitative estimate of drug-likeness (QED) is 0.302. The Kier molecular flexibility index (Phi) is 4.81. The Labute approximate surface area is 171 Å². The van der Waals surface area contributed by atoms with Gasteiger partial charge < -0.3 is 4.74 Å². The number of benzene rings is 1. The second kappa shape index (κ2) is 6.98. The normalized spacial score (nSPS) is 29.6. The highest BCUT2D eigenvalue weighted by Gasteiger charge is 2.51. The van der Waals surface area contributed by atoms with E-state index in [0.29, 0.717) is 29.9 Å². The van der Waals surface area contributed by atoms with Crippen molar-refractivity contribution in [1.82, 2.24) is 0 Å². The zero-order valence-corrected chi connectivity index (χ0v) is 16.7. The summed E-state index contributed by atoms with van der Waals surface area (Å²) in [5.41, 5.74) is -3.15. The molecule has 0 unspecified atom stereocenters. The highest BCUT2D eigenvalue weighted by atomic mass is 32.2. The minimum Gasteiger partial charge on any atom is -0.461 e. The lowest BCUT2D eigenvalue weighted by atomic mass is 9.50. The molecule has 0 radical (unpaired) electrons. The molecule has 0 heterocycles. The van der Waals surface area contributed by atoms with Crippen LogP contribution in [0, 0.1) is 43.4 Å². The molecule has 0 aliphatic heterocycles. The summed E-state index contributed by atoms with van der Waals surface area (Å²) in [5, 5.41) is 22.5. The summed E-state index contributed by atoms with van der Waals surface area (Å²) in [6.07, 6.45) is 6.45. The lowest BCUT2D eigenvalue weighted by molar-refractivity contribution is -0.400. The topological polar surface area (TPSA) is 167 Å². The largest absolute Gasteiger partial charge is 0.461 e. The molecule has 4 fully saturated rings. The third kappa shape index (κ3) is 3.65. The first kappa shape index (κ1) is 20.7. The SMILES string of the molecule is O=C(OCC12CC3CC(CC(C3)C1)C2)c1cc([N+](=O)[O-])c(S(=O)(=O)O)c([N+](=O)[O-])c1. The highest BCUT2D eigenvalue weighted by Crippen LogP contribution is 2.60. The van der Waals surface area contributed by atoms with Crippen molar-refractivity contribution in [3.05, 3.63) is 37.9 Å².